The molecule has 0 unspecified atom stereocenters. The molecule has 0 saturated carbocycles. The van der Waals surface area contributed by atoms with Crippen LogP contribution in [0.4, 0.5) is 0 Å². The second-order valence-corrected chi connectivity index (χ2v) is 6.77. The lowest BCUT2D eigenvalue weighted by molar-refractivity contribution is -0.929. The number of rotatable bonds is 15. The Morgan fingerprint density at radius 1 is 0.792 bits per heavy atom. The van der Waals surface area contributed by atoms with Gasteiger partial charge in [-0.1, -0.05) is 53.4 Å². The molecular formula is C20H43NO3. The van der Waals surface area contributed by atoms with Crippen LogP contribution >= 0.6 is 0 Å². The van der Waals surface area contributed by atoms with Crippen molar-refractivity contribution in [2.75, 3.05) is 39.9 Å². The lowest BCUT2D eigenvalue weighted by atomic mass is 10.1. The van der Waals surface area contributed by atoms with Gasteiger partial charge >= 0.3 is 0 Å². The van der Waals surface area contributed by atoms with Crippen LogP contribution in [0.5, 0.6) is 0 Å². The second-order valence-electron chi connectivity index (χ2n) is 6.77. The molecule has 0 aromatic heterocycles. The van der Waals surface area contributed by atoms with Crippen molar-refractivity contribution in [3.05, 3.63) is 0 Å². The number of quaternary nitrogens is 1. The molecule has 0 rings (SSSR count). The van der Waals surface area contributed by atoms with Crippen molar-refractivity contribution in [2.45, 2.75) is 85.5 Å². The third-order valence-electron chi connectivity index (χ3n) is 4.45. The van der Waals surface area contributed by atoms with Crippen molar-refractivity contribution in [3.8, 4) is 0 Å². The summed E-state index contributed by atoms with van der Waals surface area (Å²) in [5.41, 5.74) is 0. The van der Waals surface area contributed by atoms with Crippen LogP contribution in [0.3, 0.4) is 0 Å². The van der Waals surface area contributed by atoms with E-state index >= 15 is 0 Å². The minimum absolute atomic E-state index is 0.0174. The highest BCUT2D eigenvalue weighted by Crippen LogP contribution is 2.16. The first kappa shape index (κ1) is 25.6. The maximum atomic E-state index is 9.57. The Kier molecular flexibility index (Phi) is 20.0. The van der Waals surface area contributed by atoms with Crippen LogP contribution in [0.1, 0.15) is 85.5 Å². The minimum Gasteiger partial charge on any atom is -0.550 e. The zero-order valence-corrected chi connectivity index (χ0v) is 17.1. The van der Waals surface area contributed by atoms with Gasteiger partial charge in [-0.05, 0) is 25.7 Å². The summed E-state index contributed by atoms with van der Waals surface area (Å²) in [6.45, 7) is 15.3. The summed E-state index contributed by atoms with van der Waals surface area (Å²) in [6.07, 6.45) is 11.0. The van der Waals surface area contributed by atoms with E-state index in [9.17, 15) is 9.90 Å². The van der Waals surface area contributed by atoms with E-state index in [1.54, 1.807) is 0 Å². The van der Waals surface area contributed by atoms with E-state index in [1.165, 1.54) is 89.1 Å². The summed E-state index contributed by atoms with van der Waals surface area (Å²) < 4.78 is 5.85. The second kappa shape index (κ2) is 18.7. The topological polar surface area (TPSA) is 49.4 Å². The van der Waals surface area contributed by atoms with Gasteiger partial charge in [0, 0.05) is 19.5 Å². The van der Waals surface area contributed by atoms with Crippen molar-refractivity contribution in [1.82, 2.24) is 0 Å². The van der Waals surface area contributed by atoms with Gasteiger partial charge in [-0.3, -0.25) is 0 Å². The molecule has 146 valence electrons. The van der Waals surface area contributed by atoms with E-state index in [2.05, 4.69) is 32.4 Å². The molecule has 0 aromatic rings. The molecule has 0 N–H and O–H groups in total. The molecule has 0 bridgehead atoms. The number of aliphatic carboxylic acids is 1. The smallest absolute Gasteiger partial charge is 0.0786 e. The highest BCUT2D eigenvalue weighted by atomic mass is 16.5. The number of methoxy groups -OCH3 is 1. The first-order valence-electron chi connectivity index (χ1n) is 10.1. The van der Waals surface area contributed by atoms with E-state index in [0.29, 0.717) is 0 Å². The van der Waals surface area contributed by atoms with Crippen LogP contribution in [-0.2, 0) is 9.53 Å². The maximum absolute atomic E-state index is 9.57. The number of carbonyl (C=O) groups is 1. The van der Waals surface area contributed by atoms with Crippen LogP contribution in [0.15, 0.2) is 0 Å². The molecule has 0 radical (unpaired) electrons. The Bertz CT molecular complexity index is 232. The van der Waals surface area contributed by atoms with Gasteiger partial charge in [-0.15, -0.1) is 0 Å². The van der Waals surface area contributed by atoms with Crippen molar-refractivity contribution >= 4 is 5.97 Å². The minimum atomic E-state index is -1.07. The molecule has 0 aromatic carbocycles. The lowest BCUT2D eigenvalue weighted by Gasteiger charge is -2.39. The van der Waals surface area contributed by atoms with E-state index in [4.69, 9.17) is 0 Å². The van der Waals surface area contributed by atoms with Gasteiger partial charge in [0.25, 0.3) is 0 Å². The predicted molar refractivity (Wildman–Crippen MR) is 101 cm³/mol. The number of hydrogen-bond donors (Lipinski definition) is 0. The molecule has 24 heavy (non-hydrogen) atoms. The number of nitrogens with zero attached hydrogens (tertiary/aromatic N) is 1. The van der Waals surface area contributed by atoms with Crippen molar-refractivity contribution in [2.24, 2.45) is 0 Å². The van der Waals surface area contributed by atoms with Crippen LogP contribution in [0.2, 0.25) is 0 Å². The molecule has 0 saturated heterocycles. The number of hydrogen-bond acceptors (Lipinski definition) is 3. The molecule has 0 fully saturated rings. The summed E-state index contributed by atoms with van der Waals surface area (Å²) in [5, 5.41) is 9.57. The summed E-state index contributed by atoms with van der Waals surface area (Å²) in [4.78, 5) is 9.57. The Morgan fingerprint density at radius 3 is 1.29 bits per heavy atom. The predicted octanol–water partition coefficient (Wildman–Crippen LogP) is 3.78. The maximum Gasteiger partial charge on any atom is 0.0786 e. The van der Waals surface area contributed by atoms with Gasteiger partial charge in [0.1, 0.15) is 0 Å². The molecule has 0 amide bonds. The summed E-state index contributed by atoms with van der Waals surface area (Å²) in [5.74, 6) is -1.07. The van der Waals surface area contributed by atoms with Crippen LogP contribution in [-0.4, -0.2) is 50.3 Å². The van der Waals surface area contributed by atoms with Crippen LogP contribution < -0.4 is 5.11 Å². The molecule has 0 aliphatic carbocycles. The van der Waals surface area contributed by atoms with Crippen molar-refractivity contribution in [3.63, 3.8) is 0 Å². The Labute approximate surface area is 151 Å². The molecule has 0 aliphatic rings. The fourth-order valence-electron chi connectivity index (χ4n) is 2.83. The summed E-state index contributed by atoms with van der Waals surface area (Å²) in [6, 6.07) is 0. The van der Waals surface area contributed by atoms with E-state index in [0.717, 1.165) is 0 Å². The summed E-state index contributed by atoms with van der Waals surface area (Å²) in [7, 11) is 1.45. The fourth-order valence-corrected chi connectivity index (χ4v) is 2.83. The molecular weight excluding hydrogens is 302 g/mol. The van der Waals surface area contributed by atoms with Crippen LogP contribution in [0, 0.1) is 0 Å². The molecule has 4 nitrogen and oxygen atoms in total. The zero-order valence-electron chi connectivity index (χ0n) is 17.1. The van der Waals surface area contributed by atoms with Crippen LogP contribution in [0.25, 0.3) is 0 Å². The largest absolute Gasteiger partial charge is 0.550 e. The van der Waals surface area contributed by atoms with E-state index in [1.807, 2.05) is 0 Å². The third kappa shape index (κ3) is 16.3. The summed E-state index contributed by atoms with van der Waals surface area (Å²) >= 11 is 0. The molecule has 0 aliphatic heterocycles. The first-order chi connectivity index (χ1) is 11.5. The fraction of sp³-hybridized carbons (Fsp3) is 0.950. The number of carbonyl (C=O) groups excluding carboxylic acids is 1. The number of ether oxygens (including phenoxy) is 1. The van der Waals surface area contributed by atoms with Gasteiger partial charge in [0.05, 0.1) is 32.8 Å². The number of carboxylic acids is 1. The average Bonchev–Trinajstić information content (AvgIpc) is 2.59. The van der Waals surface area contributed by atoms with Gasteiger partial charge in [0.2, 0.25) is 0 Å². The highest BCUT2D eigenvalue weighted by Gasteiger charge is 2.24. The quantitative estimate of drug-likeness (QED) is 0.424. The highest BCUT2D eigenvalue weighted by molar-refractivity contribution is 5.64. The standard InChI is InChI=1S/C16H36N.C4H8O3/c1-5-9-13-17(14-10-6-2,15-11-7-3)16-12-8-4;1-7-3-2-4(5)6/h5-16H2,1-4H3;2-3H2,1H3,(H,5,6)/q+1;/p-1. The van der Waals surface area contributed by atoms with E-state index < -0.39 is 5.97 Å². The first-order valence-corrected chi connectivity index (χ1v) is 10.1. The molecule has 0 atom stereocenters. The molecule has 0 spiro atoms. The van der Waals surface area contributed by atoms with Gasteiger partial charge in [0.15, 0.2) is 0 Å². The zero-order chi connectivity index (χ0) is 18.7. The molecule has 4 heteroatoms. The number of unbranched alkanes of at least 4 members (excludes halogenated alkanes) is 4. The number of carboxylic acid groups (broad SMARTS) is 1. The Balaban J connectivity index is 0. The SMILES string of the molecule is CCCC[N+](CCCC)(CCCC)CCCC.COCCC(=O)[O-]. The van der Waals surface area contributed by atoms with Crippen molar-refractivity contribution in [1.29, 1.82) is 0 Å². The Hall–Kier alpha value is -0.610. The van der Waals surface area contributed by atoms with Gasteiger partial charge in [-0.2, -0.15) is 0 Å². The Morgan fingerprint density at radius 2 is 1.12 bits per heavy atom. The van der Waals surface area contributed by atoms with Gasteiger partial charge in [-0.25, -0.2) is 0 Å². The average molecular weight is 346 g/mol. The monoisotopic (exact) mass is 345 g/mol. The van der Waals surface area contributed by atoms with E-state index in [-0.39, 0.29) is 13.0 Å². The lowest BCUT2D eigenvalue weighted by Crippen LogP contribution is -2.50. The normalized spacial score (nSPS) is 11.0. The third-order valence-corrected chi connectivity index (χ3v) is 4.45. The van der Waals surface area contributed by atoms with Crippen molar-refractivity contribution < 1.29 is 19.1 Å². The molecule has 0 heterocycles. The van der Waals surface area contributed by atoms with Gasteiger partial charge < -0.3 is 19.1 Å².